The highest BCUT2D eigenvalue weighted by atomic mass is 32.1. The van der Waals surface area contributed by atoms with Crippen molar-refractivity contribution in [3.05, 3.63) is 53.3 Å². The lowest BCUT2D eigenvalue weighted by molar-refractivity contribution is 0.102. The normalized spacial score (nSPS) is 11.4. The molecule has 1 amide bonds. The number of hydrogen-bond donors (Lipinski definition) is 1. The first kappa shape index (κ1) is 18.4. The van der Waals surface area contributed by atoms with Gasteiger partial charge in [0.05, 0.1) is 45.3 Å². The van der Waals surface area contributed by atoms with Gasteiger partial charge < -0.3 is 5.32 Å². The lowest BCUT2D eigenvalue weighted by Gasteiger charge is -2.09. The van der Waals surface area contributed by atoms with E-state index < -0.39 is 0 Å². The zero-order chi connectivity index (χ0) is 20.8. The molecule has 0 bridgehead atoms. The van der Waals surface area contributed by atoms with Crippen molar-refractivity contribution >= 4 is 45.0 Å². The molecule has 5 aromatic rings. The average Bonchev–Trinajstić information content (AvgIpc) is 3.47. The van der Waals surface area contributed by atoms with Crippen LogP contribution in [-0.2, 0) is 13.6 Å². The average molecular weight is 417 g/mol. The Morgan fingerprint density at radius 3 is 2.83 bits per heavy atom. The molecule has 9 heteroatoms. The van der Waals surface area contributed by atoms with E-state index in [4.69, 9.17) is 4.98 Å². The number of fused-ring (bicyclic) bond motifs is 2. The number of amides is 1. The molecule has 0 aliphatic heterocycles. The van der Waals surface area contributed by atoms with E-state index >= 15 is 0 Å². The SMILES string of the molecule is CCn1ncc2c(C(=O)Nc3cnc4c(c3)c(C)nn4C)cc(-c3cccs3)nc21. The van der Waals surface area contributed by atoms with E-state index in [-0.39, 0.29) is 5.91 Å². The number of pyridine rings is 2. The summed E-state index contributed by atoms with van der Waals surface area (Å²) in [7, 11) is 1.85. The number of thiophene rings is 1. The van der Waals surface area contributed by atoms with Gasteiger partial charge in [-0.05, 0) is 37.4 Å². The fourth-order valence-corrected chi connectivity index (χ4v) is 4.28. The van der Waals surface area contributed by atoms with Gasteiger partial charge in [0.2, 0.25) is 0 Å². The molecule has 5 aromatic heterocycles. The summed E-state index contributed by atoms with van der Waals surface area (Å²) in [5, 5.41) is 15.4. The van der Waals surface area contributed by atoms with Gasteiger partial charge in [0.15, 0.2) is 11.3 Å². The second kappa shape index (κ2) is 7.03. The van der Waals surface area contributed by atoms with Crippen molar-refractivity contribution in [1.82, 2.24) is 29.5 Å². The zero-order valence-electron chi connectivity index (χ0n) is 16.7. The van der Waals surface area contributed by atoms with Crippen LogP contribution in [0.25, 0.3) is 32.6 Å². The first-order valence-electron chi connectivity index (χ1n) is 9.56. The van der Waals surface area contributed by atoms with Crippen LogP contribution < -0.4 is 5.32 Å². The van der Waals surface area contributed by atoms with Crippen LogP contribution in [0, 0.1) is 6.92 Å². The van der Waals surface area contributed by atoms with Crippen LogP contribution in [0.1, 0.15) is 23.0 Å². The largest absolute Gasteiger partial charge is 0.321 e. The molecule has 0 radical (unpaired) electrons. The highest BCUT2D eigenvalue weighted by Crippen LogP contribution is 2.29. The van der Waals surface area contributed by atoms with Crippen LogP contribution in [0.3, 0.4) is 0 Å². The van der Waals surface area contributed by atoms with Crippen molar-refractivity contribution in [3.63, 3.8) is 0 Å². The summed E-state index contributed by atoms with van der Waals surface area (Å²) in [6.45, 7) is 4.60. The van der Waals surface area contributed by atoms with Crippen LogP contribution in [0.5, 0.6) is 0 Å². The summed E-state index contributed by atoms with van der Waals surface area (Å²) in [4.78, 5) is 23.5. The molecule has 0 atom stereocenters. The summed E-state index contributed by atoms with van der Waals surface area (Å²) in [6.07, 6.45) is 3.35. The van der Waals surface area contributed by atoms with Crippen molar-refractivity contribution < 1.29 is 4.79 Å². The zero-order valence-corrected chi connectivity index (χ0v) is 17.6. The smallest absolute Gasteiger partial charge is 0.256 e. The third-order valence-corrected chi connectivity index (χ3v) is 5.94. The van der Waals surface area contributed by atoms with E-state index in [9.17, 15) is 4.79 Å². The maximum atomic E-state index is 13.3. The lowest BCUT2D eigenvalue weighted by Crippen LogP contribution is -2.13. The molecule has 0 spiro atoms. The van der Waals surface area contributed by atoms with Gasteiger partial charge in [0, 0.05) is 19.0 Å². The van der Waals surface area contributed by atoms with E-state index in [1.54, 1.807) is 33.1 Å². The predicted molar refractivity (Wildman–Crippen MR) is 118 cm³/mol. The lowest BCUT2D eigenvalue weighted by atomic mass is 10.1. The standard InChI is InChI=1S/C21H19N7OS/c1-4-28-20-16(11-23-28)15(9-17(25-20)18-6-5-7-30-18)21(29)24-13-8-14-12(2)26-27(3)19(14)22-10-13/h5-11H,4H2,1-3H3,(H,24,29). The van der Waals surface area contributed by atoms with Crippen molar-refractivity contribution in [2.75, 3.05) is 5.32 Å². The number of carbonyl (C=O) groups is 1. The van der Waals surface area contributed by atoms with Crippen LogP contribution in [0.2, 0.25) is 0 Å². The highest BCUT2D eigenvalue weighted by Gasteiger charge is 2.18. The Balaban J connectivity index is 1.59. The van der Waals surface area contributed by atoms with Crippen LogP contribution in [-0.4, -0.2) is 35.4 Å². The summed E-state index contributed by atoms with van der Waals surface area (Å²) in [6, 6.07) is 7.69. The number of aryl methyl sites for hydroxylation is 3. The molecular formula is C21H19N7OS. The maximum Gasteiger partial charge on any atom is 0.256 e. The quantitative estimate of drug-likeness (QED) is 0.477. The van der Waals surface area contributed by atoms with Gasteiger partial charge in [-0.25, -0.2) is 14.6 Å². The molecule has 0 aromatic carbocycles. The first-order chi connectivity index (χ1) is 14.5. The first-order valence-corrected chi connectivity index (χ1v) is 10.4. The molecule has 0 saturated heterocycles. The third-order valence-electron chi connectivity index (χ3n) is 5.05. The molecule has 0 fully saturated rings. The minimum absolute atomic E-state index is 0.224. The predicted octanol–water partition coefficient (Wildman–Crippen LogP) is 4.02. The molecular weight excluding hydrogens is 398 g/mol. The second-order valence-corrected chi connectivity index (χ2v) is 7.94. The summed E-state index contributed by atoms with van der Waals surface area (Å²) in [5.74, 6) is -0.224. The number of hydrogen-bond acceptors (Lipinski definition) is 6. The monoisotopic (exact) mass is 417 g/mol. The Bertz CT molecular complexity index is 1400. The Morgan fingerprint density at radius 2 is 2.07 bits per heavy atom. The Labute approximate surface area is 176 Å². The fraction of sp³-hybridized carbons (Fsp3) is 0.190. The molecule has 0 saturated carbocycles. The number of rotatable bonds is 4. The molecule has 1 N–H and O–H groups in total. The molecule has 5 heterocycles. The number of carbonyl (C=O) groups excluding carboxylic acids is 1. The number of nitrogens with zero attached hydrogens (tertiary/aromatic N) is 6. The Kier molecular flexibility index (Phi) is 4.32. The summed E-state index contributed by atoms with van der Waals surface area (Å²) < 4.78 is 3.53. The molecule has 30 heavy (non-hydrogen) atoms. The van der Waals surface area contributed by atoms with E-state index in [2.05, 4.69) is 20.5 Å². The molecule has 5 rings (SSSR count). The second-order valence-electron chi connectivity index (χ2n) is 6.99. The number of anilines is 1. The van der Waals surface area contributed by atoms with Gasteiger partial charge in [0.25, 0.3) is 5.91 Å². The summed E-state index contributed by atoms with van der Waals surface area (Å²) >= 11 is 1.59. The van der Waals surface area contributed by atoms with E-state index in [0.29, 0.717) is 23.4 Å². The number of aromatic nitrogens is 6. The minimum atomic E-state index is -0.224. The van der Waals surface area contributed by atoms with Crippen molar-refractivity contribution in [1.29, 1.82) is 0 Å². The van der Waals surface area contributed by atoms with E-state index in [1.807, 2.05) is 50.5 Å². The van der Waals surface area contributed by atoms with Gasteiger partial charge in [-0.3, -0.25) is 9.48 Å². The van der Waals surface area contributed by atoms with E-state index in [1.165, 1.54) is 0 Å². The molecule has 8 nitrogen and oxygen atoms in total. The van der Waals surface area contributed by atoms with Crippen molar-refractivity contribution in [3.8, 4) is 10.6 Å². The molecule has 0 aliphatic carbocycles. The molecule has 150 valence electrons. The Morgan fingerprint density at radius 1 is 1.20 bits per heavy atom. The fourth-order valence-electron chi connectivity index (χ4n) is 3.59. The van der Waals surface area contributed by atoms with Crippen molar-refractivity contribution in [2.45, 2.75) is 20.4 Å². The van der Waals surface area contributed by atoms with E-state index in [0.717, 1.165) is 32.7 Å². The van der Waals surface area contributed by atoms with Gasteiger partial charge in [-0.15, -0.1) is 11.3 Å². The van der Waals surface area contributed by atoms with Gasteiger partial charge in [-0.2, -0.15) is 10.2 Å². The number of nitrogens with one attached hydrogen (secondary N) is 1. The third kappa shape index (κ3) is 2.94. The Hall–Kier alpha value is -3.59. The molecule has 0 aliphatic rings. The molecule has 0 unspecified atom stereocenters. The van der Waals surface area contributed by atoms with Gasteiger partial charge in [0.1, 0.15) is 0 Å². The van der Waals surface area contributed by atoms with Gasteiger partial charge >= 0.3 is 0 Å². The maximum absolute atomic E-state index is 13.3. The van der Waals surface area contributed by atoms with Gasteiger partial charge in [-0.1, -0.05) is 6.07 Å². The summed E-state index contributed by atoms with van der Waals surface area (Å²) in [5.41, 5.74) is 4.26. The highest BCUT2D eigenvalue weighted by molar-refractivity contribution is 7.13. The van der Waals surface area contributed by atoms with Crippen LogP contribution in [0.15, 0.2) is 42.0 Å². The van der Waals surface area contributed by atoms with Crippen LogP contribution >= 0.6 is 11.3 Å². The topological polar surface area (TPSA) is 90.5 Å². The van der Waals surface area contributed by atoms with Crippen LogP contribution in [0.4, 0.5) is 5.69 Å². The minimum Gasteiger partial charge on any atom is -0.321 e. The van der Waals surface area contributed by atoms with Crippen molar-refractivity contribution in [2.24, 2.45) is 7.05 Å².